The Morgan fingerprint density at radius 3 is 2.53 bits per heavy atom. The topological polar surface area (TPSA) is 40.5 Å². The molecular formula is C11H16O2PSi. The molecule has 0 aliphatic heterocycles. The molecule has 0 aliphatic rings. The van der Waals surface area contributed by atoms with Crippen molar-refractivity contribution >= 4 is 23.2 Å². The molecule has 0 fully saturated rings. The third-order valence-corrected chi connectivity index (χ3v) is 4.88. The van der Waals surface area contributed by atoms with Gasteiger partial charge in [-0.1, -0.05) is 48.7 Å². The molecule has 0 heterocycles. The Hall–Kier alpha value is -0.473. The molecule has 0 saturated carbocycles. The lowest BCUT2D eigenvalue weighted by Crippen LogP contribution is -2.04. The maximum atomic E-state index is 8.80. The number of hydrogen-bond donors (Lipinski definition) is 2. The van der Waals surface area contributed by atoms with Gasteiger partial charge in [0.1, 0.15) is 0 Å². The van der Waals surface area contributed by atoms with E-state index in [1.807, 2.05) is 18.2 Å². The molecule has 0 bridgehead atoms. The van der Waals surface area contributed by atoms with Crippen LogP contribution in [-0.4, -0.2) is 24.7 Å². The first-order valence-electron chi connectivity index (χ1n) is 4.89. The number of rotatable bonds is 5. The van der Waals surface area contributed by atoms with E-state index in [1.54, 1.807) is 0 Å². The maximum Gasteiger partial charge on any atom is 0.164 e. The highest BCUT2D eigenvalue weighted by Gasteiger charge is 2.03. The average molecular weight is 239 g/mol. The first-order valence-corrected chi connectivity index (χ1v) is 8.61. The Morgan fingerprint density at radius 1 is 1.27 bits per heavy atom. The summed E-state index contributed by atoms with van der Waals surface area (Å²) in [4.78, 5) is 17.6. The van der Waals surface area contributed by atoms with E-state index >= 15 is 0 Å². The van der Waals surface area contributed by atoms with Gasteiger partial charge in [0.25, 0.3) is 0 Å². The Balaban J connectivity index is 2.37. The van der Waals surface area contributed by atoms with Crippen molar-refractivity contribution in [3.05, 3.63) is 41.6 Å². The van der Waals surface area contributed by atoms with E-state index in [4.69, 9.17) is 9.79 Å². The molecular weight excluding hydrogens is 223 g/mol. The fraction of sp³-hybridized carbons (Fsp3) is 0.273. The van der Waals surface area contributed by atoms with Crippen LogP contribution >= 0.6 is 8.38 Å². The molecule has 0 spiro atoms. The average Bonchev–Trinajstić information content (AvgIpc) is 2.25. The molecule has 81 valence electrons. The molecule has 2 nitrogen and oxygen atoms in total. The van der Waals surface area contributed by atoms with Gasteiger partial charge in [0.15, 0.2) is 8.38 Å². The zero-order chi connectivity index (χ0) is 11.1. The van der Waals surface area contributed by atoms with E-state index in [2.05, 4.69) is 30.5 Å². The van der Waals surface area contributed by atoms with Gasteiger partial charge in [-0.05, 0) is 11.6 Å². The summed E-state index contributed by atoms with van der Waals surface area (Å²) in [6, 6.07) is 11.1. The molecule has 15 heavy (non-hydrogen) atoms. The zero-order valence-electron chi connectivity index (χ0n) is 8.80. The summed E-state index contributed by atoms with van der Waals surface area (Å²) in [5.41, 5.74) is 3.41. The summed E-state index contributed by atoms with van der Waals surface area (Å²) in [6.07, 6.45) is 2.66. The van der Waals surface area contributed by atoms with Crippen molar-refractivity contribution in [2.45, 2.75) is 12.6 Å². The first kappa shape index (κ1) is 12.6. The predicted octanol–water partition coefficient (Wildman–Crippen LogP) is 2.66. The second-order valence-electron chi connectivity index (χ2n) is 3.44. The lowest BCUT2D eigenvalue weighted by Gasteiger charge is -2.04. The van der Waals surface area contributed by atoms with Crippen LogP contribution in [-0.2, 0) is 0 Å². The Morgan fingerprint density at radius 2 is 1.93 bits per heavy atom. The fourth-order valence-corrected chi connectivity index (χ4v) is 4.02. The summed E-state index contributed by atoms with van der Waals surface area (Å²) in [7, 11) is -2.27. The van der Waals surface area contributed by atoms with Gasteiger partial charge >= 0.3 is 0 Å². The molecule has 0 aromatic heterocycles. The van der Waals surface area contributed by atoms with Crippen molar-refractivity contribution in [2.24, 2.45) is 0 Å². The second-order valence-corrected chi connectivity index (χ2v) is 7.15. The molecule has 0 atom stereocenters. The van der Waals surface area contributed by atoms with Crippen LogP contribution < -0.4 is 0 Å². The molecule has 0 amide bonds. The zero-order valence-corrected chi connectivity index (χ0v) is 10.7. The Labute approximate surface area is 93.8 Å². The number of benzene rings is 1. The van der Waals surface area contributed by atoms with Gasteiger partial charge in [0.05, 0.1) is 8.80 Å². The summed E-state index contributed by atoms with van der Waals surface area (Å²) in [6.45, 7) is 2.18. The summed E-state index contributed by atoms with van der Waals surface area (Å²) < 4.78 is 0. The standard InChI is InChI=1S/C11H16O2PSi/c1-15(10-8-14(12)13)9-7-11-5-3-2-4-6-11/h2-7,9,12-13H,8,10H2,1H3. The summed E-state index contributed by atoms with van der Waals surface area (Å²) >= 11 is 0. The molecule has 0 unspecified atom stereocenters. The van der Waals surface area contributed by atoms with Crippen LogP contribution in [0.4, 0.5) is 0 Å². The molecule has 2 N–H and O–H groups in total. The van der Waals surface area contributed by atoms with Gasteiger partial charge < -0.3 is 9.79 Å². The van der Waals surface area contributed by atoms with Crippen LogP contribution in [0, 0.1) is 0 Å². The van der Waals surface area contributed by atoms with Gasteiger partial charge in [-0.15, -0.1) is 0 Å². The number of hydrogen-bond acceptors (Lipinski definition) is 2. The van der Waals surface area contributed by atoms with Crippen molar-refractivity contribution in [3.8, 4) is 0 Å². The van der Waals surface area contributed by atoms with Crippen LogP contribution in [0.15, 0.2) is 36.0 Å². The lowest BCUT2D eigenvalue weighted by atomic mass is 10.2. The van der Waals surface area contributed by atoms with Gasteiger partial charge in [-0.2, -0.15) is 0 Å². The Bertz CT molecular complexity index is 301. The molecule has 1 radical (unpaired) electrons. The van der Waals surface area contributed by atoms with Gasteiger partial charge in [0.2, 0.25) is 0 Å². The minimum absolute atomic E-state index is 0.541. The third kappa shape index (κ3) is 5.85. The minimum Gasteiger partial charge on any atom is -0.350 e. The normalized spacial score (nSPS) is 11.8. The molecule has 0 aliphatic carbocycles. The van der Waals surface area contributed by atoms with Crippen LogP contribution in [0.1, 0.15) is 5.56 Å². The highest BCUT2D eigenvalue weighted by molar-refractivity contribution is 7.45. The third-order valence-electron chi connectivity index (χ3n) is 2.07. The van der Waals surface area contributed by atoms with E-state index in [-0.39, 0.29) is 0 Å². The van der Waals surface area contributed by atoms with Gasteiger partial charge in [-0.25, -0.2) is 0 Å². The smallest absolute Gasteiger partial charge is 0.164 e. The lowest BCUT2D eigenvalue weighted by molar-refractivity contribution is 0.484. The largest absolute Gasteiger partial charge is 0.350 e. The monoisotopic (exact) mass is 239 g/mol. The van der Waals surface area contributed by atoms with Crippen LogP contribution in [0.2, 0.25) is 12.6 Å². The molecule has 0 saturated heterocycles. The van der Waals surface area contributed by atoms with Crippen molar-refractivity contribution in [2.75, 3.05) is 6.16 Å². The summed E-state index contributed by atoms with van der Waals surface area (Å²) in [5.74, 6) is 0. The van der Waals surface area contributed by atoms with Crippen molar-refractivity contribution < 1.29 is 9.79 Å². The molecule has 4 heteroatoms. The highest BCUT2D eigenvalue weighted by atomic mass is 31.2. The van der Waals surface area contributed by atoms with Crippen molar-refractivity contribution in [1.82, 2.24) is 0 Å². The first-order chi connectivity index (χ1) is 7.18. The van der Waals surface area contributed by atoms with E-state index in [0.29, 0.717) is 6.16 Å². The van der Waals surface area contributed by atoms with Crippen LogP contribution in [0.25, 0.3) is 6.08 Å². The van der Waals surface area contributed by atoms with Crippen molar-refractivity contribution in [1.29, 1.82) is 0 Å². The van der Waals surface area contributed by atoms with Crippen LogP contribution in [0.3, 0.4) is 0 Å². The molecule has 1 aromatic rings. The fourth-order valence-electron chi connectivity index (χ4n) is 1.16. The van der Waals surface area contributed by atoms with E-state index < -0.39 is 17.2 Å². The van der Waals surface area contributed by atoms with E-state index in [0.717, 1.165) is 6.04 Å². The Kier molecular flexibility index (Phi) is 5.80. The second kappa shape index (κ2) is 6.91. The molecule has 1 aromatic carbocycles. The maximum absolute atomic E-state index is 8.80. The van der Waals surface area contributed by atoms with Crippen LogP contribution in [0.5, 0.6) is 0 Å². The quantitative estimate of drug-likeness (QED) is 0.612. The van der Waals surface area contributed by atoms with Gasteiger partial charge in [0, 0.05) is 6.16 Å². The minimum atomic E-state index is -1.71. The predicted molar refractivity (Wildman–Crippen MR) is 68.1 cm³/mol. The molecule has 1 rings (SSSR count). The SMILES string of the molecule is C[Si](C=Cc1ccccc1)CCP(O)O. The summed E-state index contributed by atoms with van der Waals surface area (Å²) in [5, 5.41) is 0. The van der Waals surface area contributed by atoms with Gasteiger partial charge in [-0.3, -0.25) is 0 Å². The van der Waals surface area contributed by atoms with E-state index in [1.165, 1.54) is 5.56 Å². The van der Waals surface area contributed by atoms with Crippen molar-refractivity contribution in [3.63, 3.8) is 0 Å². The highest BCUT2D eigenvalue weighted by Crippen LogP contribution is 2.24. The van der Waals surface area contributed by atoms with E-state index in [9.17, 15) is 0 Å².